The first-order valence-electron chi connectivity index (χ1n) is 23.9. The zero-order valence-corrected chi connectivity index (χ0v) is 38.7. The molecule has 7 nitrogen and oxygen atoms in total. The van der Waals surface area contributed by atoms with Crippen molar-refractivity contribution < 1.29 is 17.9 Å². The fraction of sp³-hybridized carbons (Fsp3) is 0.0484. The van der Waals surface area contributed by atoms with Crippen LogP contribution >= 0.6 is 0 Å². The van der Waals surface area contributed by atoms with Crippen LogP contribution in [-0.4, -0.2) is 32.4 Å². The molecule has 72 heavy (non-hydrogen) atoms. The SMILES string of the molecule is CN1CN(c2cccc(Oc3ccc4c5ccccc5n(-c5cc(C(F)(F)F)c(-c6c(-n7c8ccccc8c8ccccc87)cccc6-n6c7ccccc7c7ccccc76)cn5)c4c3)c2)c2ccccc21. The van der Waals surface area contributed by atoms with Gasteiger partial charge in [-0.1, -0.05) is 115 Å². The molecule has 0 fully saturated rings. The number of anilines is 3. The number of benzene rings is 9. The molecule has 14 rings (SSSR count). The molecule has 0 N–H and O–H groups in total. The van der Waals surface area contributed by atoms with Gasteiger partial charge in [0.25, 0.3) is 0 Å². The average molecular weight is 943 g/mol. The number of hydrogen-bond donors (Lipinski definition) is 0. The van der Waals surface area contributed by atoms with Gasteiger partial charge in [0.15, 0.2) is 0 Å². The summed E-state index contributed by atoms with van der Waals surface area (Å²) in [5.41, 5.74) is 8.83. The van der Waals surface area contributed by atoms with Crippen molar-refractivity contribution in [3.8, 4) is 39.8 Å². The normalized spacial score (nSPS) is 12.9. The number of rotatable bonds is 7. The van der Waals surface area contributed by atoms with Crippen molar-refractivity contribution in [2.75, 3.05) is 23.5 Å². The molecule has 9 aromatic carbocycles. The molecule has 1 aliphatic rings. The first-order valence-corrected chi connectivity index (χ1v) is 23.9. The number of aromatic nitrogens is 4. The Bertz CT molecular complexity index is 4100. The lowest BCUT2D eigenvalue weighted by molar-refractivity contribution is -0.137. The minimum Gasteiger partial charge on any atom is -0.457 e. The zero-order chi connectivity index (χ0) is 48.2. The van der Waals surface area contributed by atoms with Gasteiger partial charge in [-0.05, 0) is 84.9 Å². The molecule has 13 aromatic rings. The van der Waals surface area contributed by atoms with Gasteiger partial charge in [-0.25, -0.2) is 4.98 Å². The third-order valence-corrected chi connectivity index (χ3v) is 14.3. The lowest BCUT2D eigenvalue weighted by Gasteiger charge is -2.23. The van der Waals surface area contributed by atoms with Gasteiger partial charge in [0, 0.05) is 74.5 Å². The highest BCUT2D eigenvalue weighted by molar-refractivity contribution is 6.13. The van der Waals surface area contributed by atoms with Crippen LogP contribution in [0.5, 0.6) is 11.5 Å². The molecule has 346 valence electrons. The molecule has 0 saturated heterocycles. The monoisotopic (exact) mass is 942 g/mol. The van der Waals surface area contributed by atoms with Gasteiger partial charge in [0.05, 0.1) is 68.1 Å². The average Bonchev–Trinajstić information content (AvgIpc) is 4.14. The number of halogens is 3. The number of alkyl halides is 3. The quantitative estimate of drug-likeness (QED) is 0.160. The van der Waals surface area contributed by atoms with E-state index in [1.807, 2.05) is 168 Å². The van der Waals surface area contributed by atoms with Crippen molar-refractivity contribution in [3.63, 3.8) is 0 Å². The van der Waals surface area contributed by atoms with E-state index in [1.165, 1.54) is 12.3 Å². The second-order valence-electron chi connectivity index (χ2n) is 18.4. The van der Waals surface area contributed by atoms with Gasteiger partial charge < -0.3 is 23.7 Å². The highest BCUT2D eigenvalue weighted by Crippen LogP contribution is 2.47. The molecule has 0 amide bonds. The molecule has 10 heteroatoms. The van der Waals surface area contributed by atoms with Crippen molar-refractivity contribution in [2.45, 2.75) is 6.18 Å². The van der Waals surface area contributed by atoms with E-state index in [1.54, 1.807) is 0 Å². The molecule has 5 heterocycles. The predicted octanol–water partition coefficient (Wildman–Crippen LogP) is 16.4. The Hall–Kier alpha value is -9.28. The topological polar surface area (TPSA) is 43.4 Å². The fourth-order valence-corrected chi connectivity index (χ4v) is 11.3. The highest BCUT2D eigenvalue weighted by atomic mass is 19.4. The van der Waals surface area contributed by atoms with Gasteiger partial charge in [-0.3, -0.25) is 4.57 Å². The van der Waals surface area contributed by atoms with Crippen molar-refractivity contribution in [1.29, 1.82) is 0 Å². The zero-order valence-electron chi connectivity index (χ0n) is 38.7. The number of nitrogens with zero attached hydrogens (tertiary/aromatic N) is 6. The number of hydrogen-bond acceptors (Lipinski definition) is 4. The number of para-hydroxylation sites is 7. The molecule has 0 aliphatic carbocycles. The maximum Gasteiger partial charge on any atom is 0.417 e. The largest absolute Gasteiger partial charge is 0.457 e. The Morgan fingerprint density at radius 1 is 0.431 bits per heavy atom. The first-order chi connectivity index (χ1) is 35.3. The summed E-state index contributed by atoms with van der Waals surface area (Å²) >= 11 is 0. The van der Waals surface area contributed by atoms with Crippen LogP contribution in [0.3, 0.4) is 0 Å². The lowest BCUT2D eigenvalue weighted by atomic mass is 9.96. The molecular formula is C62H41F3N6O. The van der Waals surface area contributed by atoms with Crippen LogP contribution in [0.4, 0.5) is 30.2 Å². The molecule has 0 unspecified atom stereocenters. The van der Waals surface area contributed by atoms with Crippen molar-refractivity contribution >= 4 is 82.5 Å². The minimum absolute atomic E-state index is 0.0444. The summed E-state index contributed by atoms with van der Waals surface area (Å²) in [5, 5.41) is 5.73. The molecule has 1 aliphatic heterocycles. The summed E-state index contributed by atoms with van der Waals surface area (Å²) in [4.78, 5) is 9.50. The Morgan fingerprint density at radius 3 is 1.44 bits per heavy atom. The van der Waals surface area contributed by atoms with Gasteiger partial charge in [-0.15, -0.1) is 0 Å². The lowest BCUT2D eigenvalue weighted by Crippen LogP contribution is -2.23. The molecule has 0 bridgehead atoms. The highest BCUT2D eigenvalue weighted by Gasteiger charge is 2.37. The van der Waals surface area contributed by atoms with Crippen LogP contribution in [-0.2, 0) is 6.18 Å². The van der Waals surface area contributed by atoms with E-state index in [0.717, 1.165) is 71.4 Å². The van der Waals surface area contributed by atoms with Gasteiger partial charge in [-0.2, -0.15) is 13.2 Å². The standard InChI is InChI=1S/C62H41F3N6O/c1-67-38-68(56-29-13-12-28-55(56)67)39-16-14-17-40(34-39)72-41-32-33-47-46-22-6-11-27-54(46)71(59(47)35-41)60-36-49(62(63,64)65)48(37-66-60)61-57(69-50-23-7-2-18-42(50)43-19-3-8-24-51(43)69)30-15-31-58(61)70-52-25-9-4-20-44(52)45-21-5-10-26-53(45)70/h2-37H,38H2,1H3. The van der Waals surface area contributed by atoms with Crippen LogP contribution in [0.25, 0.3) is 93.7 Å². The van der Waals surface area contributed by atoms with Crippen LogP contribution in [0.15, 0.2) is 219 Å². The number of pyridine rings is 1. The van der Waals surface area contributed by atoms with E-state index in [4.69, 9.17) is 9.72 Å². The molecule has 0 saturated carbocycles. The third-order valence-electron chi connectivity index (χ3n) is 14.3. The van der Waals surface area contributed by atoms with E-state index in [0.29, 0.717) is 46.1 Å². The summed E-state index contributed by atoms with van der Waals surface area (Å²) < 4.78 is 61.9. The second kappa shape index (κ2) is 15.9. The second-order valence-corrected chi connectivity index (χ2v) is 18.4. The van der Waals surface area contributed by atoms with Crippen LogP contribution in [0, 0.1) is 0 Å². The third kappa shape index (κ3) is 6.35. The summed E-state index contributed by atoms with van der Waals surface area (Å²) in [6.45, 7) is 0.688. The van der Waals surface area contributed by atoms with Crippen molar-refractivity contribution in [3.05, 3.63) is 224 Å². The molecule has 0 atom stereocenters. The maximum absolute atomic E-state index is 16.4. The fourth-order valence-electron chi connectivity index (χ4n) is 11.3. The maximum atomic E-state index is 16.4. The van der Waals surface area contributed by atoms with Crippen molar-refractivity contribution in [2.24, 2.45) is 0 Å². The summed E-state index contributed by atoms with van der Waals surface area (Å²) in [5.74, 6) is 1.29. The van der Waals surface area contributed by atoms with Gasteiger partial charge >= 0.3 is 6.18 Å². The smallest absolute Gasteiger partial charge is 0.417 e. The molecule has 0 radical (unpaired) electrons. The summed E-state index contributed by atoms with van der Waals surface area (Å²) in [6, 6.07) is 69.0. The number of ether oxygens (including phenoxy) is 1. The Morgan fingerprint density at radius 2 is 0.889 bits per heavy atom. The van der Waals surface area contributed by atoms with Gasteiger partial charge in [0.2, 0.25) is 0 Å². The summed E-state index contributed by atoms with van der Waals surface area (Å²) in [7, 11) is 2.07. The molecule has 0 spiro atoms. The van der Waals surface area contributed by atoms with Gasteiger partial charge in [0.1, 0.15) is 17.3 Å². The summed E-state index contributed by atoms with van der Waals surface area (Å²) in [6.07, 6.45) is -3.38. The van der Waals surface area contributed by atoms with Crippen LogP contribution in [0.1, 0.15) is 5.56 Å². The first kappa shape index (κ1) is 41.7. The molecular weight excluding hydrogens is 902 g/mol. The minimum atomic E-state index is -4.80. The molecule has 4 aromatic heterocycles. The van der Waals surface area contributed by atoms with E-state index in [2.05, 4.69) is 68.4 Å². The Kier molecular flexibility index (Phi) is 9.19. The number of fused-ring (bicyclic) bond motifs is 10. The predicted molar refractivity (Wildman–Crippen MR) is 286 cm³/mol. The van der Waals surface area contributed by atoms with Crippen LogP contribution < -0.4 is 14.5 Å². The Balaban J connectivity index is 0.978. The van der Waals surface area contributed by atoms with E-state index < -0.39 is 11.7 Å². The van der Waals surface area contributed by atoms with Crippen molar-refractivity contribution in [1.82, 2.24) is 18.7 Å². The van der Waals surface area contributed by atoms with E-state index >= 15 is 13.2 Å². The van der Waals surface area contributed by atoms with E-state index in [-0.39, 0.29) is 11.4 Å². The van der Waals surface area contributed by atoms with E-state index in [9.17, 15) is 0 Å². The van der Waals surface area contributed by atoms with Crippen LogP contribution in [0.2, 0.25) is 0 Å². The Labute approximate surface area is 411 Å².